The number of rotatable bonds is 4. The second-order valence-electron chi connectivity index (χ2n) is 7.15. The number of nitrogens with zero attached hydrogens (tertiary/aromatic N) is 1. The fraction of sp³-hybridized carbons (Fsp3) is 0.450. The summed E-state index contributed by atoms with van der Waals surface area (Å²) in [6.45, 7) is 0.793. The molecule has 3 aromatic heterocycles. The highest BCUT2D eigenvalue weighted by Gasteiger charge is 2.27. The summed E-state index contributed by atoms with van der Waals surface area (Å²) < 4.78 is 2.23. The molecule has 1 fully saturated rings. The van der Waals surface area contributed by atoms with Gasteiger partial charge in [-0.2, -0.15) is 0 Å². The molecule has 3 nitrogen and oxygen atoms in total. The molecule has 144 valence electrons. The molecular weight excluding hydrogens is 462 g/mol. The van der Waals surface area contributed by atoms with Gasteiger partial charge in [-0.25, -0.2) is 4.98 Å². The minimum absolute atomic E-state index is 0.215. The Balaban J connectivity index is 1.70. The van der Waals surface area contributed by atoms with Crippen molar-refractivity contribution in [2.75, 3.05) is 5.32 Å². The minimum atomic E-state index is 0.215. The number of hydrogen-bond donors (Lipinski definition) is 2. The van der Waals surface area contributed by atoms with E-state index < -0.39 is 0 Å². The maximum atomic E-state index is 6.59. The normalized spacial score (nSPS) is 21.1. The van der Waals surface area contributed by atoms with Gasteiger partial charge in [0.25, 0.3) is 0 Å². The summed E-state index contributed by atoms with van der Waals surface area (Å²) in [7, 11) is 0. The van der Waals surface area contributed by atoms with Crippen LogP contribution >= 0.6 is 50.2 Å². The third-order valence-electron chi connectivity index (χ3n) is 5.27. The van der Waals surface area contributed by atoms with Crippen molar-refractivity contribution in [2.45, 2.75) is 57.0 Å². The van der Waals surface area contributed by atoms with E-state index in [1.165, 1.54) is 35.4 Å². The highest BCUT2D eigenvalue weighted by molar-refractivity contribution is 9.10. The van der Waals surface area contributed by atoms with Gasteiger partial charge in [0, 0.05) is 34.3 Å². The summed E-state index contributed by atoms with van der Waals surface area (Å²) in [5.74, 6) is 0.391. The number of nitrogens with one attached hydrogen (secondary N) is 1. The van der Waals surface area contributed by atoms with Gasteiger partial charge in [-0.1, -0.05) is 43.4 Å². The molecule has 4 rings (SSSR count). The molecule has 3 heterocycles. The van der Waals surface area contributed by atoms with E-state index >= 15 is 0 Å². The molecular formula is C20H23BrClN3S2. The smallest absolute Gasteiger partial charge is 0.131 e. The minimum Gasteiger partial charge on any atom is -0.379 e. The molecule has 7 heteroatoms. The van der Waals surface area contributed by atoms with Crippen LogP contribution in [0.25, 0.3) is 10.2 Å². The van der Waals surface area contributed by atoms with Crippen molar-refractivity contribution in [3.8, 4) is 0 Å². The first-order chi connectivity index (χ1) is 13.1. The quantitative estimate of drug-likeness (QED) is 0.386. The molecule has 3 N–H and O–H groups in total. The highest BCUT2D eigenvalue weighted by atomic mass is 79.9. The molecule has 0 unspecified atom stereocenters. The van der Waals surface area contributed by atoms with E-state index in [0.29, 0.717) is 11.1 Å². The summed E-state index contributed by atoms with van der Waals surface area (Å²) in [4.78, 5) is 7.24. The van der Waals surface area contributed by atoms with Crippen LogP contribution in [-0.2, 0) is 6.54 Å². The molecule has 0 aliphatic heterocycles. The maximum absolute atomic E-state index is 6.59. The third-order valence-corrected chi connectivity index (χ3v) is 8.75. The Labute approximate surface area is 181 Å². The largest absolute Gasteiger partial charge is 0.379 e. The molecule has 3 aromatic rings. The Hall–Kier alpha value is -0.660. The van der Waals surface area contributed by atoms with Gasteiger partial charge in [-0.3, -0.25) is 0 Å². The van der Waals surface area contributed by atoms with Gasteiger partial charge in [-0.15, -0.1) is 22.7 Å². The first-order valence-electron chi connectivity index (χ1n) is 9.43. The topological polar surface area (TPSA) is 50.9 Å². The Bertz CT molecular complexity index is 910. The fourth-order valence-electron chi connectivity index (χ4n) is 3.83. The monoisotopic (exact) mass is 483 g/mol. The lowest BCUT2D eigenvalue weighted by atomic mass is 9.86. The van der Waals surface area contributed by atoms with Crippen LogP contribution in [0.2, 0.25) is 5.15 Å². The lowest BCUT2D eigenvalue weighted by molar-refractivity contribution is 0.407. The Kier molecular flexibility index (Phi) is 6.39. The Morgan fingerprint density at radius 1 is 1.26 bits per heavy atom. The van der Waals surface area contributed by atoms with E-state index in [1.54, 1.807) is 11.3 Å². The van der Waals surface area contributed by atoms with Crippen molar-refractivity contribution in [2.24, 2.45) is 5.73 Å². The van der Waals surface area contributed by atoms with Crippen molar-refractivity contribution in [1.82, 2.24) is 4.98 Å². The molecule has 0 bridgehead atoms. The first kappa shape index (κ1) is 19.6. The standard InChI is InChI=1S/C20H23BrClN3S2/c21-17-18-20(27-19(17)13-7-3-1-2-4-8-14(13)23)15(10-16(22)25-18)24-11-12-6-5-9-26-12/h5-6,9-10,13-14H,1-4,7-8,11,23H2,(H,24,25)/t13-,14+/m1/s1. The summed E-state index contributed by atoms with van der Waals surface area (Å²) in [5, 5.41) is 6.17. The van der Waals surface area contributed by atoms with Gasteiger partial charge in [0.15, 0.2) is 0 Å². The van der Waals surface area contributed by atoms with Crippen molar-refractivity contribution >= 4 is 66.1 Å². The van der Waals surface area contributed by atoms with Gasteiger partial charge in [0.2, 0.25) is 0 Å². The lowest BCUT2D eigenvalue weighted by Crippen LogP contribution is -2.29. The van der Waals surface area contributed by atoms with Crippen LogP contribution < -0.4 is 11.1 Å². The SMILES string of the molecule is N[C@H]1CCCCCC[C@H]1c1sc2c(NCc3cccs3)cc(Cl)nc2c1Br. The fourth-order valence-corrected chi connectivity index (χ4v) is 6.96. The molecule has 1 aliphatic rings. The van der Waals surface area contributed by atoms with Crippen LogP contribution in [0.3, 0.4) is 0 Å². The van der Waals surface area contributed by atoms with Crippen molar-refractivity contribution in [3.63, 3.8) is 0 Å². The summed E-state index contributed by atoms with van der Waals surface area (Å²) in [6.07, 6.45) is 7.35. The van der Waals surface area contributed by atoms with Crippen LogP contribution in [0.1, 0.15) is 54.2 Å². The number of nitrogens with two attached hydrogens (primary N) is 1. The number of thiophene rings is 2. The Morgan fingerprint density at radius 2 is 2.07 bits per heavy atom. The van der Waals surface area contributed by atoms with Crippen LogP contribution in [0.15, 0.2) is 28.1 Å². The van der Waals surface area contributed by atoms with Gasteiger partial charge in [-0.05, 0) is 40.2 Å². The van der Waals surface area contributed by atoms with Crippen LogP contribution in [0.4, 0.5) is 5.69 Å². The molecule has 0 saturated heterocycles. The summed E-state index contributed by atoms with van der Waals surface area (Å²) in [5.41, 5.74) is 8.59. The van der Waals surface area contributed by atoms with Gasteiger partial charge < -0.3 is 11.1 Å². The van der Waals surface area contributed by atoms with Crippen molar-refractivity contribution < 1.29 is 0 Å². The molecule has 2 atom stereocenters. The molecule has 0 aromatic carbocycles. The molecule has 1 aliphatic carbocycles. The van der Waals surface area contributed by atoms with Crippen LogP contribution in [0.5, 0.6) is 0 Å². The predicted octanol–water partition coefficient (Wildman–Crippen LogP) is 7.15. The number of aromatic nitrogens is 1. The number of halogens is 2. The van der Waals surface area contributed by atoms with Crippen molar-refractivity contribution in [3.05, 3.63) is 43.0 Å². The number of fused-ring (bicyclic) bond motifs is 1. The van der Waals surface area contributed by atoms with E-state index in [0.717, 1.165) is 39.8 Å². The molecule has 0 amide bonds. The van der Waals surface area contributed by atoms with E-state index in [-0.39, 0.29) is 6.04 Å². The van der Waals surface area contributed by atoms with Gasteiger partial charge in [0.1, 0.15) is 5.15 Å². The Morgan fingerprint density at radius 3 is 2.85 bits per heavy atom. The van der Waals surface area contributed by atoms with E-state index in [4.69, 9.17) is 17.3 Å². The highest BCUT2D eigenvalue weighted by Crippen LogP contribution is 2.46. The predicted molar refractivity (Wildman–Crippen MR) is 122 cm³/mol. The average Bonchev–Trinajstić information content (AvgIpc) is 3.26. The maximum Gasteiger partial charge on any atom is 0.131 e. The molecule has 0 radical (unpaired) electrons. The second kappa shape index (κ2) is 8.78. The number of hydrogen-bond acceptors (Lipinski definition) is 5. The average molecular weight is 485 g/mol. The number of anilines is 1. The first-order valence-corrected chi connectivity index (χ1v) is 12.3. The van der Waals surface area contributed by atoms with Crippen LogP contribution in [0, 0.1) is 0 Å². The van der Waals surface area contributed by atoms with Gasteiger partial charge >= 0.3 is 0 Å². The summed E-state index contributed by atoms with van der Waals surface area (Å²) in [6, 6.07) is 6.36. The van der Waals surface area contributed by atoms with Gasteiger partial charge in [0.05, 0.1) is 20.4 Å². The molecule has 1 saturated carbocycles. The molecule has 27 heavy (non-hydrogen) atoms. The van der Waals surface area contributed by atoms with Crippen molar-refractivity contribution in [1.29, 1.82) is 0 Å². The van der Waals surface area contributed by atoms with E-state index in [2.05, 4.69) is 43.7 Å². The van der Waals surface area contributed by atoms with Crippen LogP contribution in [-0.4, -0.2) is 11.0 Å². The zero-order valence-corrected chi connectivity index (χ0v) is 19.0. The number of pyridine rings is 1. The third kappa shape index (κ3) is 4.35. The lowest BCUT2D eigenvalue weighted by Gasteiger charge is -2.25. The zero-order valence-electron chi connectivity index (χ0n) is 15.0. The zero-order chi connectivity index (χ0) is 18.8. The second-order valence-corrected chi connectivity index (χ2v) is 10.4. The van der Waals surface area contributed by atoms with E-state index in [1.807, 2.05) is 17.4 Å². The molecule has 0 spiro atoms. The summed E-state index contributed by atoms with van der Waals surface area (Å²) >= 11 is 13.7. The van der Waals surface area contributed by atoms with E-state index in [9.17, 15) is 0 Å².